The third-order valence-corrected chi connectivity index (χ3v) is 14.0. The number of methoxy groups -OCH3 is 1. The molecule has 5 aliphatic rings. The van der Waals surface area contributed by atoms with Crippen molar-refractivity contribution in [2.75, 3.05) is 7.11 Å². The topological polar surface area (TPSA) is 26.3 Å². The van der Waals surface area contributed by atoms with E-state index in [1.807, 2.05) is 0 Å². The first kappa shape index (κ1) is 24.2. The number of esters is 1. The van der Waals surface area contributed by atoms with E-state index in [0.29, 0.717) is 38.9 Å². The Bertz CT molecular complexity index is 801. The van der Waals surface area contributed by atoms with Crippen LogP contribution in [0.25, 0.3) is 0 Å². The van der Waals surface area contributed by atoms with Crippen LogP contribution in [0.4, 0.5) is 0 Å². The van der Waals surface area contributed by atoms with Gasteiger partial charge < -0.3 is 4.74 Å². The molecule has 0 aromatic carbocycles. The van der Waals surface area contributed by atoms with Crippen molar-refractivity contribution in [3.8, 4) is 0 Å². The summed E-state index contributed by atoms with van der Waals surface area (Å²) in [6.07, 6.45) is 15.3. The van der Waals surface area contributed by atoms with Gasteiger partial charge in [0.1, 0.15) is 0 Å². The van der Waals surface area contributed by atoms with E-state index in [1.165, 1.54) is 70.6 Å². The van der Waals surface area contributed by atoms with Crippen molar-refractivity contribution < 1.29 is 9.53 Å². The van der Waals surface area contributed by atoms with Crippen LogP contribution in [0.5, 0.6) is 0 Å². The third-order valence-electron chi connectivity index (χ3n) is 14.0. The molecule has 0 N–H and O–H groups in total. The molecule has 0 radical (unpaired) electrons. The average molecular weight is 457 g/mol. The van der Waals surface area contributed by atoms with Crippen molar-refractivity contribution >= 4 is 5.97 Å². The highest BCUT2D eigenvalue weighted by Crippen LogP contribution is 2.78. The van der Waals surface area contributed by atoms with Crippen LogP contribution in [0.1, 0.15) is 119 Å². The second-order valence-corrected chi connectivity index (χ2v) is 15.1. The predicted octanol–water partition coefficient (Wildman–Crippen LogP) is 8.29. The van der Waals surface area contributed by atoms with Crippen LogP contribution in [-0.4, -0.2) is 13.1 Å². The van der Waals surface area contributed by atoms with E-state index in [2.05, 4.69) is 48.5 Å². The summed E-state index contributed by atoms with van der Waals surface area (Å²) in [5, 5.41) is 0. The number of carbonyl (C=O) groups excluding carboxylic acids is 1. The molecular formula is C31H52O2. The van der Waals surface area contributed by atoms with Gasteiger partial charge in [-0.25, -0.2) is 0 Å². The van der Waals surface area contributed by atoms with Gasteiger partial charge in [-0.15, -0.1) is 0 Å². The van der Waals surface area contributed by atoms with Gasteiger partial charge in [-0.05, 0) is 121 Å². The third kappa shape index (κ3) is 3.00. The van der Waals surface area contributed by atoms with Gasteiger partial charge in [-0.3, -0.25) is 4.79 Å². The molecule has 0 aliphatic heterocycles. The van der Waals surface area contributed by atoms with Crippen LogP contribution >= 0.6 is 0 Å². The van der Waals surface area contributed by atoms with E-state index < -0.39 is 0 Å². The fraction of sp³-hybridized carbons (Fsp3) is 0.968. The Kier molecular flexibility index (Phi) is 5.49. The Morgan fingerprint density at radius 2 is 1.33 bits per heavy atom. The van der Waals surface area contributed by atoms with Gasteiger partial charge in [-0.2, -0.15) is 0 Å². The molecule has 5 fully saturated rings. The molecule has 2 heteroatoms. The zero-order chi connectivity index (χ0) is 24.0. The Morgan fingerprint density at radius 3 is 1.97 bits per heavy atom. The molecule has 0 bridgehead atoms. The second kappa shape index (κ2) is 7.49. The van der Waals surface area contributed by atoms with Crippen LogP contribution in [0.15, 0.2) is 0 Å². The molecule has 33 heavy (non-hydrogen) atoms. The summed E-state index contributed by atoms with van der Waals surface area (Å²) in [4.78, 5) is 12.5. The summed E-state index contributed by atoms with van der Waals surface area (Å²) in [5.74, 6) is 3.89. The summed E-state index contributed by atoms with van der Waals surface area (Å²) < 4.78 is 5.19. The maximum atomic E-state index is 12.5. The number of hydrogen-bond acceptors (Lipinski definition) is 2. The van der Waals surface area contributed by atoms with Crippen LogP contribution in [0, 0.1) is 62.6 Å². The monoisotopic (exact) mass is 456 g/mol. The van der Waals surface area contributed by atoms with Crippen LogP contribution in [0.2, 0.25) is 0 Å². The highest BCUT2D eigenvalue weighted by molar-refractivity contribution is 5.72. The first-order chi connectivity index (χ1) is 15.3. The fourth-order valence-corrected chi connectivity index (χ4v) is 12.3. The summed E-state index contributed by atoms with van der Waals surface area (Å²) in [7, 11) is 1.57. The van der Waals surface area contributed by atoms with Crippen molar-refractivity contribution in [3.05, 3.63) is 0 Å². The summed E-state index contributed by atoms with van der Waals surface area (Å²) >= 11 is 0. The molecule has 0 aromatic heterocycles. The average Bonchev–Trinajstić information content (AvgIpc) is 3.09. The smallest absolute Gasteiger partial charge is 0.308 e. The highest BCUT2D eigenvalue weighted by Gasteiger charge is 2.70. The molecule has 2 nitrogen and oxygen atoms in total. The molecule has 0 spiro atoms. The molecule has 0 amide bonds. The molecular weight excluding hydrogens is 404 g/mol. The van der Waals surface area contributed by atoms with Gasteiger partial charge in [0.15, 0.2) is 0 Å². The number of carbonyl (C=O) groups is 1. The van der Waals surface area contributed by atoms with E-state index in [4.69, 9.17) is 4.74 Å². The van der Waals surface area contributed by atoms with E-state index in [-0.39, 0.29) is 11.9 Å². The molecule has 0 heterocycles. The lowest BCUT2D eigenvalue weighted by atomic mass is 9.32. The normalized spacial score (nSPS) is 53.8. The fourth-order valence-electron chi connectivity index (χ4n) is 12.3. The quantitative estimate of drug-likeness (QED) is 0.391. The lowest BCUT2D eigenvalue weighted by Crippen LogP contribution is -2.65. The number of fused-ring (bicyclic) bond motifs is 7. The minimum absolute atomic E-state index is 0.0133. The molecule has 10 atom stereocenters. The molecule has 0 aromatic rings. The first-order valence-electron chi connectivity index (χ1n) is 14.4. The second-order valence-electron chi connectivity index (χ2n) is 15.1. The van der Waals surface area contributed by atoms with Gasteiger partial charge in [-0.1, -0.05) is 54.9 Å². The van der Waals surface area contributed by atoms with Crippen LogP contribution in [-0.2, 0) is 9.53 Å². The lowest BCUT2D eigenvalue weighted by Gasteiger charge is -2.73. The molecule has 5 aliphatic carbocycles. The zero-order valence-corrected chi connectivity index (χ0v) is 23.1. The largest absolute Gasteiger partial charge is 0.469 e. The van der Waals surface area contributed by atoms with Gasteiger partial charge in [0.25, 0.3) is 0 Å². The molecule has 5 saturated carbocycles. The summed E-state index contributed by atoms with van der Waals surface area (Å²) in [6, 6.07) is 0. The number of rotatable bonds is 2. The van der Waals surface area contributed by atoms with Crippen molar-refractivity contribution in [2.45, 2.75) is 119 Å². The van der Waals surface area contributed by atoms with Gasteiger partial charge in [0.05, 0.1) is 13.0 Å². The van der Waals surface area contributed by atoms with Crippen molar-refractivity contribution in [1.82, 2.24) is 0 Å². The Labute approximate surface area is 204 Å². The predicted molar refractivity (Wildman–Crippen MR) is 136 cm³/mol. The van der Waals surface area contributed by atoms with E-state index in [9.17, 15) is 4.79 Å². The Morgan fingerprint density at radius 1 is 0.727 bits per heavy atom. The minimum Gasteiger partial charge on any atom is -0.469 e. The molecule has 4 unspecified atom stereocenters. The minimum atomic E-state index is 0.0133. The SMILES string of the molecule is COC(=O)C(C)[C@H]1CC[C@]2(C)C3CCC4[C@@]5(C)CCCC(C)(C)C5CC[C@@]4(C)[C@]3(C)CC[C@@H]12. The lowest BCUT2D eigenvalue weighted by molar-refractivity contribution is -0.241. The molecule has 188 valence electrons. The van der Waals surface area contributed by atoms with Crippen LogP contribution in [0.3, 0.4) is 0 Å². The molecule has 0 saturated heterocycles. The first-order valence-corrected chi connectivity index (χ1v) is 14.4. The summed E-state index contributed by atoms with van der Waals surface area (Å²) in [6.45, 7) is 18.2. The highest BCUT2D eigenvalue weighted by atomic mass is 16.5. The Balaban J connectivity index is 1.48. The van der Waals surface area contributed by atoms with Gasteiger partial charge >= 0.3 is 5.97 Å². The van der Waals surface area contributed by atoms with Crippen molar-refractivity contribution in [1.29, 1.82) is 0 Å². The number of hydrogen-bond donors (Lipinski definition) is 0. The maximum Gasteiger partial charge on any atom is 0.308 e. The zero-order valence-electron chi connectivity index (χ0n) is 23.1. The molecule has 5 rings (SSSR count). The van der Waals surface area contributed by atoms with E-state index in [1.54, 1.807) is 7.11 Å². The maximum absolute atomic E-state index is 12.5. The summed E-state index contributed by atoms with van der Waals surface area (Å²) in [5.41, 5.74) is 2.35. The number of ether oxygens (including phenoxy) is 1. The van der Waals surface area contributed by atoms with E-state index in [0.717, 1.165) is 17.8 Å². The van der Waals surface area contributed by atoms with Crippen molar-refractivity contribution in [3.63, 3.8) is 0 Å². The van der Waals surface area contributed by atoms with E-state index >= 15 is 0 Å². The van der Waals surface area contributed by atoms with Gasteiger partial charge in [0, 0.05) is 0 Å². The van der Waals surface area contributed by atoms with Crippen molar-refractivity contribution in [2.24, 2.45) is 62.6 Å². The standard InChI is InChI=1S/C31H52O2/c1-20(26(32)33-8)21-12-17-28(4)22(21)13-18-30(6)24(28)10-11-25-29(5)16-9-15-27(2,3)23(29)14-19-31(25,30)7/h20-25H,9-19H2,1-8H3/t20?,21-,22+,23?,24?,25?,28+,29+,30-,31-/m1/s1. The van der Waals surface area contributed by atoms with Crippen LogP contribution < -0.4 is 0 Å². The Hall–Kier alpha value is -0.530. The van der Waals surface area contributed by atoms with Gasteiger partial charge in [0.2, 0.25) is 0 Å².